The molecule has 22 heavy (non-hydrogen) atoms. The Hall–Kier alpha value is -0.860. The largest absolute Gasteiger partial charge is 0.326 e. The Morgan fingerprint density at radius 1 is 1.36 bits per heavy atom. The van der Waals surface area contributed by atoms with Gasteiger partial charge in [0.05, 0.1) is 0 Å². The maximum Gasteiger partial charge on any atom is 0.0202 e. The van der Waals surface area contributed by atoms with Crippen LogP contribution >= 0.6 is 0 Å². The average molecular weight is 303 g/mol. The summed E-state index contributed by atoms with van der Waals surface area (Å²) in [6.07, 6.45) is 16.1. The van der Waals surface area contributed by atoms with Crippen molar-refractivity contribution in [3.8, 4) is 0 Å². The molecule has 2 nitrogen and oxygen atoms in total. The molecule has 1 saturated heterocycles. The molecule has 0 aromatic rings. The summed E-state index contributed by atoms with van der Waals surface area (Å²) < 4.78 is 0. The lowest BCUT2D eigenvalue weighted by Gasteiger charge is -2.36. The Bertz CT molecular complexity index is 419. The van der Waals surface area contributed by atoms with Gasteiger partial charge in [-0.05, 0) is 51.0 Å². The van der Waals surface area contributed by atoms with Gasteiger partial charge in [0.25, 0.3) is 0 Å². The molecule has 2 aliphatic rings. The van der Waals surface area contributed by atoms with Crippen LogP contribution in [-0.2, 0) is 0 Å². The Balaban J connectivity index is 1.76. The van der Waals surface area contributed by atoms with E-state index in [0.29, 0.717) is 5.92 Å². The molecule has 3 atom stereocenters. The zero-order valence-corrected chi connectivity index (χ0v) is 14.7. The third-order valence-electron chi connectivity index (χ3n) is 5.29. The minimum atomic E-state index is 0.268. The molecule has 2 N–H and O–H groups in total. The molecule has 1 fully saturated rings. The molecule has 1 aliphatic heterocycles. The fraction of sp³-hybridized carbons (Fsp3) is 0.700. The van der Waals surface area contributed by atoms with Gasteiger partial charge in [-0.25, -0.2) is 0 Å². The maximum absolute atomic E-state index is 6.39. The van der Waals surface area contributed by atoms with Crippen LogP contribution in [0.1, 0.15) is 46.5 Å². The van der Waals surface area contributed by atoms with Crippen LogP contribution in [0.4, 0.5) is 0 Å². The van der Waals surface area contributed by atoms with E-state index in [1.54, 1.807) is 0 Å². The van der Waals surface area contributed by atoms with Gasteiger partial charge >= 0.3 is 0 Å². The van der Waals surface area contributed by atoms with Gasteiger partial charge < -0.3 is 10.6 Å². The second-order valence-electron chi connectivity index (χ2n) is 7.51. The number of rotatable bonds is 6. The highest BCUT2D eigenvalue weighted by molar-refractivity contribution is 5.20. The van der Waals surface area contributed by atoms with Crippen molar-refractivity contribution in [3.63, 3.8) is 0 Å². The molecule has 0 aromatic heterocycles. The first kappa shape index (κ1) is 17.5. The van der Waals surface area contributed by atoms with Gasteiger partial charge in [-0.3, -0.25) is 0 Å². The number of likely N-dealkylation sites (tertiary alicyclic amines) is 1. The quantitative estimate of drug-likeness (QED) is 0.747. The standard InChI is InChI=1S/C20H34N2/c1-16(2)19-10-7-13-22(14-19)15-20(21)12-11-17(3)18-8-5-4-6-9-18/h4-6,8,11,16,18-20H,7,9-10,12-15,21H2,1-3H3/b17-11+. The topological polar surface area (TPSA) is 29.3 Å². The van der Waals surface area contributed by atoms with Crippen molar-refractivity contribution >= 4 is 0 Å². The van der Waals surface area contributed by atoms with Crippen LogP contribution in [-0.4, -0.2) is 30.6 Å². The van der Waals surface area contributed by atoms with Crippen LogP contribution < -0.4 is 5.73 Å². The van der Waals surface area contributed by atoms with Gasteiger partial charge in [0.1, 0.15) is 0 Å². The predicted molar refractivity (Wildman–Crippen MR) is 96.7 cm³/mol. The summed E-state index contributed by atoms with van der Waals surface area (Å²) >= 11 is 0. The highest BCUT2D eigenvalue weighted by atomic mass is 15.1. The van der Waals surface area contributed by atoms with Crippen LogP contribution in [0.3, 0.4) is 0 Å². The zero-order chi connectivity index (χ0) is 15.9. The minimum absolute atomic E-state index is 0.268. The lowest BCUT2D eigenvalue weighted by atomic mass is 9.87. The van der Waals surface area contributed by atoms with E-state index in [9.17, 15) is 0 Å². The third-order valence-corrected chi connectivity index (χ3v) is 5.29. The maximum atomic E-state index is 6.39. The summed E-state index contributed by atoms with van der Waals surface area (Å²) in [5.74, 6) is 2.24. The summed E-state index contributed by atoms with van der Waals surface area (Å²) in [6.45, 7) is 10.5. The van der Waals surface area contributed by atoms with Crippen molar-refractivity contribution in [3.05, 3.63) is 36.0 Å². The van der Waals surface area contributed by atoms with Crippen LogP contribution in [0.2, 0.25) is 0 Å². The zero-order valence-electron chi connectivity index (χ0n) is 14.7. The van der Waals surface area contributed by atoms with Crippen LogP contribution in [0.5, 0.6) is 0 Å². The molecule has 0 saturated carbocycles. The summed E-state index contributed by atoms with van der Waals surface area (Å²) in [5.41, 5.74) is 7.85. The van der Waals surface area contributed by atoms with Gasteiger partial charge in [-0.15, -0.1) is 0 Å². The molecule has 2 rings (SSSR count). The smallest absolute Gasteiger partial charge is 0.0202 e. The minimum Gasteiger partial charge on any atom is -0.326 e. The van der Waals surface area contributed by atoms with E-state index in [0.717, 1.165) is 31.2 Å². The summed E-state index contributed by atoms with van der Waals surface area (Å²) in [6, 6.07) is 0.268. The Morgan fingerprint density at radius 2 is 2.18 bits per heavy atom. The molecule has 2 heteroatoms. The van der Waals surface area contributed by atoms with Crippen molar-refractivity contribution in [1.82, 2.24) is 4.90 Å². The molecular formula is C20H34N2. The second kappa shape index (κ2) is 8.69. The number of allylic oxidation sites excluding steroid dienone is 5. The fourth-order valence-corrected chi connectivity index (χ4v) is 3.61. The lowest BCUT2D eigenvalue weighted by Crippen LogP contribution is -2.43. The first-order valence-corrected chi connectivity index (χ1v) is 9.04. The number of nitrogens with two attached hydrogens (primary N) is 1. The molecule has 0 radical (unpaired) electrons. The van der Waals surface area contributed by atoms with E-state index in [1.807, 2.05) is 0 Å². The van der Waals surface area contributed by atoms with Crippen LogP contribution in [0.15, 0.2) is 36.0 Å². The molecule has 1 aliphatic carbocycles. The Morgan fingerprint density at radius 3 is 2.86 bits per heavy atom. The van der Waals surface area contributed by atoms with E-state index in [2.05, 4.69) is 56.1 Å². The van der Waals surface area contributed by atoms with E-state index in [-0.39, 0.29) is 6.04 Å². The van der Waals surface area contributed by atoms with Crippen molar-refractivity contribution in [2.45, 2.75) is 52.5 Å². The van der Waals surface area contributed by atoms with Crippen molar-refractivity contribution in [2.24, 2.45) is 23.5 Å². The Kier molecular flexibility index (Phi) is 6.91. The average Bonchev–Trinajstić information content (AvgIpc) is 2.53. The van der Waals surface area contributed by atoms with Gasteiger partial charge in [0.15, 0.2) is 0 Å². The SMILES string of the molecule is C/C(=C\CC(N)CN1CCCC(C(C)C)C1)C1C=CC=CC1. The molecule has 3 unspecified atom stereocenters. The summed E-state index contributed by atoms with van der Waals surface area (Å²) in [5, 5.41) is 0. The lowest BCUT2D eigenvalue weighted by molar-refractivity contribution is 0.139. The second-order valence-corrected chi connectivity index (χ2v) is 7.51. The Labute approximate surface area is 137 Å². The fourth-order valence-electron chi connectivity index (χ4n) is 3.61. The molecule has 0 bridgehead atoms. The van der Waals surface area contributed by atoms with E-state index < -0.39 is 0 Å². The molecular weight excluding hydrogens is 268 g/mol. The van der Waals surface area contributed by atoms with Gasteiger partial charge in [-0.2, -0.15) is 0 Å². The summed E-state index contributed by atoms with van der Waals surface area (Å²) in [7, 11) is 0. The van der Waals surface area contributed by atoms with Gasteiger partial charge in [-0.1, -0.05) is 49.8 Å². The first-order valence-electron chi connectivity index (χ1n) is 9.04. The van der Waals surface area contributed by atoms with Crippen LogP contribution in [0.25, 0.3) is 0 Å². The normalized spacial score (nSPS) is 28.3. The van der Waals surface area contributed by atoms with Crippen LogP contribution in [0, 0.1) is 17.8 Å². The van der Waals surface area contributed by atoms with Crippen molar-refractivity contribution < 1.29 is 0 Å². The van der Waals surface area contributed by atoms with E-state index >= 15 is 0 Å². The highest BCUT2D eigenvalue weighted by Crippen LogP contribution is 2.24. The molecule has 0 spiro atoms. The number of piperidine rings is 1. The molecule has 124 valence electrons. The van der Waals surface area contributed by atoms with Crippen molar-refractivity contribution in [2.75, 3.05) is 19.6 Å². The molecule has 0 amide bonds. The van der Waals surface area contributed by atoms with E-state index in [4.69, 9.17) is 5.73 Å². The molecule has 1 heterocycles. The predicted octanol–water partition coefficient (Wildman–Crippen LogP) is 4.15. The van der Waals surface area contributed by atoms with E-state index in [1.165, 1.54) is 31.5 Å². The third kappa shape index (κ3) is 5.40. The molecule has 0 aromatic carbocycles. The number of hydrogen-bond acceptors (Lipinski definition) is 2. The first-order chi connectivity index (χ1) is 10.6. The highest BCUT2D eigenvalue weighted by Gasteiger charge is 2.23. The number of hydrogen-bond donors (Lipinski definition) is 1. The van der Waals surface area contributed by atoms with Crippen molar-refractivity contribution in [1.29, 1.82) is 0 Å². The summed E-state index contributed by atoms with van der Waals surface area (Å²) in [4.78, 5) is 2.59. The van der Waals surface area contributed by atoms with Gasteiger partial charge in [0, 0.05) is 25.0 Å². The van der Waals surface area contributed by atoms with Gasteiger partial charge in [0.2, 0.25) is 0 Å². The monoisotopic (exact) mass is 302 g/mol. The number of nitrogens with zero attached hydrogens (tertiary/aromatic N) is 1.